The minimum atomic E-state index is -0.478. The monoisotopic (exact) mass is 341 g/mol. The summed E-state index contributed by atoms with van der Waals surface area (Å²) in [5.41, 5.74) is 0.704. The maximum atomic E-state index is 11.0. The van der Waals surface area contributed by atoms with Crippen molar-refractivity contribution in [2.45, 2.75) is 6.92 Å². The zero-order chi connectivity index (χ0) is 14.0. The molecule has 0 radical (unpaired) electrons. The highest BCUT2D eigenvalue weighted by Crippen LogP contribution is 2.36. The first kappa shape index (κ1) is 13.8. The third kappa shape index (κ3) is 3.24. The first-order valence-corrected chi connectivity index (χ1v) is 6.52. The van der Waals surface area contributed by atoms with Crippen LogP contribution in [-0.2, 0) is 0 Å². The Hall–Kier alpha value is -1.59. The number of aryl methyl sites for hydroxylation is 1. The van der Waals surface area contributed by atoms with E-state index in [2.05, 4.69) is 15.9 Å². The molecule has 0 aromatic heterocycles. The topological polar surface area (TPSA) is 52.4 Å². The highest BCUT2D eigenvalue weighted by Gasteiger charge is 2.17. The van der Waals surface area contributed by atoms with Gasteiger partial charge in [0.25, 0.3) is 0 Å². The van der Waals surface area contributed by atoms with Gasteiger partial charge in [0.05, 0.1) is 9.95 Å². The Morgan fingerprint density at radius 3 is 2.63 bits per heavy atom. The molecule has 0 unspecified atom stereocenters. The van der Waals surface area contributed by atoms with Gasteiger partial charge in [-0.25, -0.2) is 0 Å². The Labute approximate surface area is 123 Å². The van der Waals surface area contributed by atoms with Crippen LogP contribution in [0.1, 0.15) is 5.56 Å². The summed E-state index contributed by atoms with van der Waals surface area (Å²) < 4.78 is 6.31. The Kier molecular flexibility index (Phi) is 4.07. The fourth-order valence-corrected chi connectivity index (χ4v) is 2.03. The molecule has 2 aromatic carbocycles. The maximum absolute atomic E-state index is 11.0. The smallest absolute Gasteiger partial charge is 0.311 e. The predicted octanol–water partition coefficient (Wildman–Crippen LogP) is 5.11. The number of nitro benzene ring substituents is 1. The first-order chi connectivity index (χ1) is 8.97. The summed E-state index contributed by atoms with van der Waals surface area (Å²) in [6.07, 6.45) is 0. The van der Waals surface area contributed by atoms with E-state index in [0.29, 0.717) is 10.8 Å². The van der Waals surface area contributed by atoms with Crippen LogP contribution in [0, 0.1) is 17.0 Å². The van der Waals surface area contributed by atoms with E-state index >= 15 is 0 Å². The van der Waals surface area contributed by atoms with Gasteiger partial charge >= 0.3 is 5.69 Å². The highest BCUT2D eigenvalue weighted by atomic mass is 79.9. The van der Waals surface area contributed by atoms with Crippen LogP contribution in [0.3, 0.4) is 0 Å². The van der Waals surface area contributed by atoms with Crippen LogP contribution >= 0.6 is 27.5 Å². The molecule has 2 rings (SSSR count). The molecule has 0 bridgehead atoms. The van der Waals surface area contributed by atoms with E-state index in [1.165, 1.54) is 6.07 Å². The maximum Gasteiger partial charge on any atom is 0.311 e. The number of nitro groups is 1. The normalized spacial score (nSPS) is 10.3. The average Bonchev–Trinajstić information content (AvgIpc) is 2.35. The Balaban J connectivity index is 2.43. The van der Waals surface area contributed by atoms with Crippen LogP contribution in [0.15, 0.2) is 40.9 Å². The molecule has 4 nitrogen and oxygen atoms in total. The highest BCUT2D eigenvalue weighted by molar-refractivity contribution is 9.10. The summed E-state index contributed by atoms with van der Waals surface area (Å²) in [4.78, 5) is 10.5. The molecule has 0 amide bonds. The zero-order valence-electron chi connectivity index (χ0n) is 9.89. The molecule has 0 aliphatic carbocycles. The molecule has 0 saturated carbocycles. The SMILES string of the molecule is Cc1ccc(Oc2cc(Br)ccc2Cl)c([N+](=O)[O-])c1. The van der Waals surface area contributed by atoms with Gasteiger partial charge in [-0.3, -0.25) is 10.1 Å². The molecule has 0 spiro atoms. The summed E-state index contributed by atoms with van der Waals surface area (Å²) in [7, 11) is 0. The quantitative estimate of drug-likeness (QED) is 0.575. The molecule has 0 aliphatic rings. The average molecular weight is 343 g/mol. The van der Waals surface area contributed by atoms with E-state index in [0.717, 1.165) is 10.0 Å². The van der Waals surface area contributed by atoms with Crippen molar-refractivity contribution in [3.8, 4) is 11.5 Å². The van der Waals surface area contributed by atoms with Crippen molar-refractivity contribution in [2.24, 2.45) is 0 Å². The molecular formula is C13H9BrClNO3. The number of nitrogens with zero attached hydrogens (tertiary/aromatic N) is 1. The van der Waals surface area contributed by atoms with Crippen molar-refractivity contribution in [3.05, 3.63) is 61.6 Å². The third-order valence-corrected chi connectivity index (χ3v) is 3.23. The lowest BCUT2D eigenvalue weighted by molar-refractivity contribution is -0.385. The number of hydrogen-bond acceptors (Lipinski definition) is 3. The molecular weight excluding hydrogens is 334 g/mol. The number of ether oxygens (including phenoxy) is 1. The lowest BCUT2D eigenvalue weighted by atomic mass is 10.2. The van der Waals surface area contributed by atoms with Crippen molar-refractivity contribution in [1.82, 2.24) is 0 Å². The largest absolute Gasteiger partial charge is 0.449 e. The standard InChI is InChI=1S/C13H9BrClNO3/c1-8-2-5-12(11(6-8)16(17)18)19-13-7-9(14)3-4-10(13)15/h2-7H,1H3. The molecule has 98 valence electrons. The second-order valence-corrected chi connectivity index (χ2v) is 5.23. The summed E-state index contributed by atoms with van der Waals surface area (Å²) in [5.74, 6) is 0.526. The number of rotatable bonds is 3. The van der Waals surface area contributed by atoms with Crippen molar-refractivity contribution in [1.29, 1.82) is 0 Å². The Bertz CT molecular complexity index is 646. The van der Waals surface area contributed by atoms with E-state index in [9.17, 15) is 10.1 Å². The lowest BCUT2D eigenvalue weighted by Gasteiger charge is -2.08. The number of halogens is 2. The van der Waals surface area contributed by atoms with Gasteiger partial charge in [-0.1, -0.05) is 33.6 Å². The van der Waals surface area contributed by atoms with Gasteiger partial charge in [0.2, 0.25) is 5.75 Å². The van der Waals surface area contributed by atoms with Crippen LogP contribution in [0.2, 0.25) is 5.02 Å². The Morgan fingerprint density at radius 2 is 1.95 bits per heavy atom. The Morgan fingerprint density at radius 1 is 1.21 bits per heavy atom. The summed E-state index contributed by atoms with van der Waals surface area (Å²) in [6.45, 7) is 1.78. The van der Waals surface area contributed by atoms with Gasteiger partial charge in [0, 0.05) is 10.5 Å². The molecule has 0 fully saturated rings. The first-order valence-electron chi connectivity index (χ1n) is 5.35. The third-order valence-electron chi connectivity index (χ3n) is 2.42. The van der Waals surface area contributed by atoms with E-state index < -0.39 is 4.92 Å². The lowest BCUT2D eigenvalue weighted by Crippen LogP contribution is -1.94. The van der Waals surface area contributed by atoms with Crippen LogP contribution < -0.4 is 4.74 Å². The van der Waals surface area contributed by atoms with E-state index in [1.54, 1.807) is 37.3 Å². The molecule has 19 heavy (non-hydrogen) atoms. The molecule has 0 saturated heterocycles. The predicted molar refractivity (Wildman–Crippen MR) is 77.1 cm³/mol. The van der Waals surface area contributed by atoms with Gasteiger partial charge in [0.1, 0.15) is 5.75 Å². The second kappa shape index (κ2) is 5.59. The second-order valence-electron chi connectivity index (χ2n) is 3.91. The van der Waals surface area contributed by atoms with Gasteiger partial charge in [-0.2, -0.15) is 0 Å². The van der Waals surface area contributed by atoms with Gasteiger partial charge in [0.15, 0.2) is 0 Å². The van der Waals surface area contributed by atoms with E-state index in [-0.39, 0.29) is 11.4 Å². The van der Waals surface area contributed by atoms with E-state index in [4.69, 9.17) is 16.3 Å². The van der Waals surface area contributed by atoms with E-state index in [1.807, 2.05) is 0 Å². The molecule has 0 aliphatic heterocycles. The van der Waals surface area contributed by atoms with Gasteiger partial charge in [-0.15, -0.1) is 0 Å². The zero-order valence-corrected chi connectivity index (χ0v) is 12.2. The van der Waals surface area contributed by atoms with Crippen molar-refractivity contribution < 1.29 is 9.66 Å². The van der Waals surface area contributed by atoms with Crippen molar-refractivity contribution >= 4 is 33.2 Å². The van der Waals surface area contributed by atoms with Crippen LogP contribution in [0.25, 0.3) is 0 Å². The molecule has 0 heterocycles. The van der Waals surface area contributed by atoms with Gasteiger partial charge in [-0.05, 0) is 36.8 Å². The van der Waals surface area contributed by atoms with Crippen LogP contribution in [0.4, 0.5) is 5.69 Å². The van der Waals surface area contributed by atoms with Crippen LogP contribution in [0.5, 0.6) is 11.5 Å². The molecule has 6 heteroatoms. The minimum absolute atomic E-state index is 0.0870. The number of benzene rings is 2. The minimum Gasteiger partial charge on any atom is -0.449 e. The molecule has 2 aromatic rings. The van der Waals surface area contributed by atoms with Gasteiger partial charge < -0.3 is 4.74 Å². The molecule has 0 atom stereocenters. The summed E-state index contributed by atoms with van der Waals surface area (Å²) in [6, 6.07) is 9.84. The van der Waals surface area contributed by atoms with Crippen molar-refractivity contribution in [3.63, 3.8) is 0 Å². The summed E-state index contributed by atoms with van der Waals surface area (Å²) in [5, 5.41) is 11.4. The fourth-order valence-electron chi connectivity index (χ4n) is 1.53. The van der Waals surface area contributed by atoms with Crippen molar-refractivity contribution in [2.75, 3.05) is 0 Å². The number of hydrogen-bond donors (Lipinski definition) is 0. The molecule has 0 N–H and O–H groups in total. The van der Waals surface area contributed by atoms with Crippen LogP contribution in [-0.4, -0.2) is 4.92 Å². The fraction of sp³-hybridized carbons (Fsp3) is 0.0769. The summed E-state index contributed by atoms with van der Waals surface area (Å²) >= 11 is 9.29.